The topological polar surface area (TPSA) is 67.9 Å². The van der Waals surface area contributed by atoms with E-state index in [1.807, 2.05) is 0 Å². The average molecular weight is 360 g/mol. The number of hydrogen-bond donors (Lipinski definition) is 1. The van der Waals surface area contributed by atoms with Crippen molar-refractivity contribution in [2.45, 2.75) is 0 Å². The summed E-state index contributed by atoms with van der Waals surface area (Å²) in [4.78, 5) is 25.1. The van der Waals surface area contributed by atoms with Crippen LogP contribution in [-0.2, 0) is 4.79 Å². The fourth-order valence-electron chi connectivity index (χ4n) is 1.99. The van der Waals surface area contributed by atoms with E-state index in [1.165, 1.54) is 17.0 Å². The van der Waals surface area contributed by atoms with Crippen molar-refractivity contribution in [1.82, 2.24) is 10.2 Å². The van der Waals surface area contributed by atoms with Crippen molar-refractivity contribution in [2.75, 3.05) is 33.9 Å². The van der Waals surface area contributed by atoms with Crippen molar-refractivity contribution in [3.63, 3.8) is 0 Å². The van der Waals surface area contributed by atoms with Gasteiger partial charge in [0, 0.05) is 25.7 Å². The van der Waals surface area contributed by atoms with Crippen LogP contribution in [0.5, 0.6) is 11.5 Å². The van der Waals surface area contributed by atoms with Crippen LogP contribution in [0.2, 0.25) is 0 Å². The van der Waals surface area contributed by atoms with Crippen LogP contribution >= 0.6 is 0 Å². The third-order valence-corrected chi connectivity index (χ3v) is 3.41. The highest BCUT2D eigenvalue weighted by molar-refractivity contribution is 5.94. The van der Waals surface area contributed by atoms with Gasteiger partial charge in [0.2, 0.25) is 0 Å². The van der Waals surface area contributed by atoms with Crippen LogP contribution in [0.25, 0.3) is 0 Å². The Morgan fingerprint density at radius 3 is 2.42 bits per heavy atom. The number of amides is 2. The van der Waals surface area contributed by atoms with Crippen molar-refractivity contribution in [3.8, 4) is 11.5 Å². The largest absolute Gasteiger partial charge is 0.492 e. The summed E-state index contributed by atoms with van der Waals surface area (Å²) in [5.41, 5.74) is 0.408. The molecule has 0 radical (unpaired) electrons. The predicted octanol–water partition coefficient (Wildman–Crippen LogP) is 2.10. The number of rotatable bonds is 8. The standard InChI is InChI=1S/C19H21FN2O4/c1-22(2)18(23)13-26-16-7-3-5-14(11-16)19(24)21-9-10-25-17-8-4-6-15(20)12-17/h3-8,11-12H,9-10,13H2,1-2H3,(H,21,24). The molecule has 1 N–H and O–H groups in total. The Hall–Kier alpha value is -3.09. The number of benzene rings is 2. The molecule has 2 aromatic carbocycles. The zero-order valence-corrected chi connectivity index (χ0v) is 14.7. The Bertz CT molecular complexity index is 765. The van der Waals surface area contributed by atoms with Crippen LogP contribution in [0.4, 0.5) is 4.39 Å². The van der Waals surface area contributed by atoms with Crippen LogP contribution in [0.3, 0.4) is 0 Å². The first kappa shape index (κ1) is 19.2. The first-order valence-corrected chi connectivity index (χ1v) is 8.05. The minimum Gasteiger partial charge on any atom is -0.492 e. The zero-order valence-electron chi connectivity index (χ0n) is 14.7. The fourth-order valence-corrected chi connectivity index (χ4v) is 1.99. The number of nitrogens with zero attached hydrogens (tertiary/aromatic N) is 1. The van der Waals surface area contributed by atoms with E-state index < -0.39 is 0 Å². The van der Waals surface area contributed by atoms with E-state index in [0.29, 0.717) is 17.1 Å². The number of ether oxygens (including phenoxy) is 2. The Morgan fingerprint density at radius 2 is 1.73 bits per heavy atom. The molecule has 0 saturated carbocycles. The summed E-state index contributed by atoms with van der Waals surface area (Å²) in [6.07, 6.45) is 0. The number of carbonyl (C=O) groups excluding carboxylic acids is 2. The molecule has 0 fully saturated rings. The van der Waals surface area contributed by atoms with E-state index in [1.54, 1.807) is 50.5 Å². The third-order valence-electron chi connectivity index (χ3n) is 3.41. The normalized spacial score (nSPS) is 10.1. The Kier molecular flexibility index (Phi) is 6.96. The van der Waals surface area contributed by atoms with Gasteiger partial charge in [-0.05, 0) is 30.3 Å². The summed E-state index contributed by atoms with van der Waals surface area (Å²) in [6, 6.07) is 12.3. The van der Waals surface area contributed by atoms with E-state index in [2.05, 4.69) is 5.32 Å². The van der Waals surface area contributed by atoms with Crippen LogP contribution in [0.15, 0.2) is 48.5 Å². The average Bonchev–Trinajstić information content (AvgIpc) is 2.63. The molecule has 0 heterocycles. The molecule has 0 aliphatic rings. The second-order valence-electron chi connectivity index (χ2n) is 5.67. The van der Waals surface area contributed by atoms with E-state index in [-0.39, 0.29) is 37.4 Å². The summed E-state index contributed by atoms with van der Waals surface area (Å²) in [5.74, 6) is -0.00764. The molecule has 2 rings (SSSR count). The molecule has 2 aromatic rings. The van der Waals surface area contributed by atoms with Crippen LogP contribution in [0, 0.1) is 5.82 Å². The first-order valence-electron chi connectivity index (χ1n) is 8.05. The molecule has 7 heteroatoms. The van der Waals surface area contributed by atoms with Crippen molar-refractivity contribution in [3.05, 3.63) is 59.9 Å². The van der Waals surface area contributed by atoms with Gasteiger partial charge in [-0.25, -0.2) is 4.39 Å². The van der Waals surface area contributed by atoms with Gasteiger partial charge in [-0.3, -0.25) is 9.59 Å². The van der Waals surface area contributed by atoms with Gasteiger partial charge in [-0.15, -0.1) is 0 Å². The summed E-state index contributed by atoms with van der Waals surface area (Å²) in [7, 11) is 3.28. The van der Waals surface area contributed by atoms with Crippen molar-refractivity contribution in [2.24, 2.45) is 0 Å². The maximum atomic E-state index is 13.0. The monoisotopic (exact) mass is 360 g/mol. The van der Waals surface area contributed by atoms with Crippen molar-refractivity contribution >= 4 is 11.8 Å². The molecule has 0 bridgehead atoms. The van der Waals surface area contributed by atoms with E-state index in [9.17, 15) is 14.0 Å². The minimum absolute atomic E-state index is 0.0977. The smallest absolute Gasteiger partial charge is 0.259 e. The molecule has 0 aliphatic heterocycles. The highest BCUT2D eigenvalue weighted by Crippen LogP contribution is 2.14. The second kappa shape index (κ2) is 9.41. The molecule has 138 valence electrons. The Labute approximate surface area is 151 Å². The molecule has 2 amide bonds. The van der Waals surface area contributed by atoms with Gasteiger partial charge in [0.1, 0.15) is 23.9 Å². The van der Waals surface area contributed by atoms with Gasteiger partial charge >= 0.3 is 0 Å². The molecule has 26 heavy (non-hydrogen) atoms. The minimum atomic E-state index is -0.379. The van der Waals surface area contributed by atoms with Gasteiger partial charge in [0.15, 0.2) is 6.61 Å². The molecular formula is C19H21FN2O4. The maximum Gasteiger partial charge on any atom is 0.259 e. The van der Waals surface area contributed by atoms with E-state index >= 15 is 0 Å². The predicted molar refractivity (Wildman–Crippen MR) is 94.9 cm³/mol. The van der Waals surface area contributed by atoms with Gasteiger partial charge in [-0.1, -0.05) is 12.1 Å². The summed E-state index contributed by atoms with van der Waals surface area (Å²) < 4.78 is 23.8. The molecule has 0 spiro atoms. The van der Waals surface area contributed by atoms with Gasteiger partial charge < -0.3 is 19.7 Å². The fraction of sp³-hybridized carbons (Fsp3) is 0.263. The van der Waals surface area contributed by atoms with Crippen molar-refractivity contribution in [1.29, 1.82) is 0 Å². The number of halogens is 1. The summed E-state index contributed by atoms with van der Waals surface area (Å²) in [5, 5.41) is 2.71. The Balaban J connectivity index is 1.80. The molecule has 0 aromatic heterocycles. The quantitative estimate of drug-likeness (QED) is 0.732. The second-order valence-corrected chi connectivity index (χ2v) is 5.67. The summed E-state index contributed by atoms with van der Waals surface area (Å²) in [6.45, 7) is 0.377. The molecule has 0 unspecified atom stereocenters. The lowest BCUT2D eigenvalue weighted by Crippen LogP contribution is -2.28. The number of nitrogens with one attached hydrogen (secondary N) is 1. The van der Waals surface area contributed by atoms with Crippen molar-refractivity contribution < 1.29 is 23.5 Å². The number of likely N-dealkylation sites (N-methyl/N-ethyl adjacent to an activating group) is 1. The molecule has 0 saturated heterocycles. The molecule has 0 atom stereocenters. The zero-order chi connectivity index (χ0) is 18.9. The highest BCUT2D eigenvalue weighted by Gasteiger charge is 2.09. The van der Waals surface area contributed by atoms with Gasteiger partial charge in [-0.2, -0.15) is 0 Å². The van der Waals surface area contributed by atoms with Crippen LogP contribution in [-0.4, -0.2) is 50.6 Å². The van der Waals surface area contributed by atoms with Gasteiger partial charge in [0.25, 0.3) is 11.8 Å². The van der Waals surface area contributed by atoms with E-state index in [0.717, 1.165) is 0 Å². The number of hydrogen-bond acceptors (Lipinski definition) is 4. The third kappa shape index (κ3) is 6.08. The Morgan fingerprint density at radius 1 is 1.04 bits per heavy atom. The van der Waals surface area contributed by atoms with Gasteiger partial charge in [0.05, 0.1) is 6.54 Å². The number of carbonyl (C=O) groups is 2. The molecular weight excluding hydrogens is 339 g/mol. The van der Waals surface area contributed by atoms with Crippen LogP contribution < -0.4 is 14.8 Å². The summed E-state index contributed by atoms with van der Waals surface area (Å²) >= 11 is 0. The highest BCUT2D eigenvalue weighted by atomic mass is 19.1. The lowest BCUT2D eigenvalue weighted by molar-refractivity contribution is -0.130. The maximum absolute atomic E-state index is 13.0. The van der Waals surface area contributed by atoms with E-state index in [4.69, 9.17) is 9.47 Å². The molecule has 6 nitrogen and oxygen atoms in total. The first-order chi connectivity index (χ1) is 12.5. The lowest BCUT2D eigenvalue weighted by atomic mass is 10.2. The SMILES string of the molecule is CN(C)C(=O)COc1cccc(C(=O)NCCOc2cccc(F)c2)c1. The lowest BCUT2D eigenvalue weighted by Gasteiger charge is -2.12. The van der Waals surface area contributed by atoms with Crippen LogP contribution in [0.1, 0.15) is 10.4 Å². The molecule has 0 aliphatic carbocycles.